The van der Waals surface area contributed by atoms with E-state index in [0.717, 1.165) is 16.1 Å². The predicted molar refractivity (Wildman–Crippen MR) is 113 cm³/mol. The zero-order chi connectivity index (χ0) is 19.6. The molecule has 0 unspecified atom stereocenters. The molecule has 27 heavy (non-hydrogen) atoms. The highest BCUT2D eigenvalue weighted by Gasteiger charge is 2.22. The van der Waals surface area contributed by atoms with E-state index in [2.05, 4.69) is 42.6 Å². The summed E-state index contributed by atoms with van der Waals surface area (Å²) in [5.74, 6) is 0.383. The molecule has 3 nitrogen and oxygen atoms in total. The van der Waals surface area contributed by atoms with Gasteiger partial charge in [-0.3, -0.25) is 0 Å². The molecule has 0 atom stereocenters. The number of aliphatic imine (C=N–C) groups is 1. The van der Waals surface area contributed by atoms with Crippen LogP contribution in [0.3, 0.4) is 0 Å². The lowest BCUT2D eigenvalue weighted by molar-refractivity contribution is 0.640. The summed E-state index contributed by atoms with van der Waals surface area (Å²) in [5, 5.41) is 8.66. The van der Waals surface area contributed by atoms with Crippen molar-refractivity contribution in [1.29, 1.82) is 0 Å². The summed E-state index contributed by atoms with van der Waals surface area (Å²) in [7, 11) is 0. The Balaban J connectivity index is 1.93. The minimum absolute atomic E-state index is 0.177. The molecule has 140 valence electrons. The summed E-state index contributed by atoms with van der Waals surface area (Å²) in [5.41, 5.74) is 3.15. The quantitative estimate of drug-likeness (QED) is 0.635. The van der Waals surface area contributed by atoms with E-state index in [9.17, 15) is 4.39 Å². The zero-order valence-corrected chi connectivity index (χ0v) is 16.8. The van der Waals surface area contributed by atoms with E-state index in [1.54, 1.807) is 0 Å². The van der Waals surface area contributed by atoms with Gasteiger partial charge in [0.1, 0.15) is 11.5 Å². The molecule has 0 radical (unpaired) electrons. The van der Waals surface area contributed by atoms with Gasteiger partial charge in [0.25, 0.3) is 0 Å². The number of amidine groups is 1. The summed E-state index contributed by atoms with van der Waals surface area (Å²) in [4.78, 5) is 5.23. The van der Waals surface area contributed by atoms with Crippen LogP contribution in [0, 0.1) is 5.92 Å². The molecule has 0 aliphatic carbocycles. The Morgan fingerprint density at radius 3 is 2.81 bits per heavy atom. The highest BCUT2D eigenvalue weighted by molar-refractivity contribution is 7.11. The lowest BCUT2D eigenvalue weighted by atomic mass is 10.1. The Morgan fingerprint density at radius 2 is 2.15 bits per heavy atom. The first kappa shape index (κ1) is 19.4. The Bertz CT molecular complexity index is 942. The molecule has 1 aliphatic rings. The van der Waals surface area contributed by atoms with Gasteiger partial charge in [0, 0.05) is 17.8 Å². The number of thiophene rings is 1. The van der Waals surface area contributed by atoms with E-state index < -0.39 is 5.83 Å². The van der Waals surface area contributed by atoms with Gasteiger partial charge in [-0.1, -0.05) is 50.7 Å². The molecular weight excluding hydrogens is 381 g/mol. The fraction of sp³-hybridized carbons (Fsp3) is 0.190. The van der Waals surface area contributed by atoms with Crippen molar-refractivity contribution in [1.82, 2.24) is 10.6 Å². The van der Waals surface area contributed by atoms with Gasteiger partial charge in [0.2, 0.25) is 0 Å². The topological polar surface area (TPSA) is 36.4 Å². The SMILES string of the molecule is C=C1NC(c2cc(CNC(=C)C(C)C)ccc2Cl)=NC(c2cccs2)=C1F. The average Bonchev–Trinajstić information content (AvgIpc) is 3.17. The fourth-order valence-corrected chi connectivity index (χ4v) is 3.43. The van der Waals surface area contributed by atoms with Gasteiger partial charge in [-0.05, 0) is 35.1 Å². The van der Waals surface area contributed by atoms with E-state index >= 15 is 0 Å². The number of allylic oxidation sites excluding steroid dienone is 2. The van der Waals surface area contributed by atoms with Crippen LogP contribution in [0.5, 0.6) is 0 Å². The maximum atomic E-state index is 14.5. The van der Waals surface area contributed by atoms with Crippen molar-refractivity contribution in [2.24, 2.45) is 10.9 Å². The molecule has 0 saturated heterocycles. The Morgan fingerprint density at radius 1 is 1.37 bits per heavy atom. The van der Waals surface area contributed by atoms with Crippen molar-refractivity contribution in [2.75, 3.05) is 0 Å². The number of nitrogens with zero attached hydrogens (tertiary/aromatic N) is 1. The molecule has 1 aromatic carbocycles. The molecule has 0 saturated carbocycles. The van der Waals surface area contributed by atoms with Crippen molar-refractivity contribution >= 4 is 34.5 Å². The largest absolute Gasteiger partial charge is 0.385 e. The van der Waals surface area contributed by atoms with Gasteiger partial charge >= 0.3 is 0 Å². The van der Waals surface area contributed by atoms with Crippen LogP contribution in [-0.4, -0.2) is 5.84 Å². The average molecular weight is 402 g/mol. The van der Waals surface area contributed by atoms with Crippen molar-refractivity contribution in [2.45, 2.75) is 20.4 Å². The van der Waals surface area contributed by atoms with Gasteiger partial charge in [0.15, 0.2) is 5.83 Å². The summed E-state index contributed by atoms with van der Waals surface area (Å²) in [6.07, 6.45) is 0. The maximum absolute atomic E-state index is 14.5. The molecule has 1 aromatic heterocycles. The molecule has 0 spiro atoms. The van der Waals surface area contributed by atoms with Crippen molar-refractivity contribution in [3.8, 4) is 0 Å². The second-order valence-electron chi connectivity index (χ2n) is 6.55. The minimum Gasteiger partial charge on any atom is -0.385 e. The highest BCUT2D eigenvalue weighted by atomic mass is 35.5. The summed E-state index contributed by atoms with van der Waals surface area (Å²) < 4.78 is 14.5. The molecule has 2 heterocycles. The van der Waals surface area contributed by atoms with E-state index in [1.807, 2.05) is 35.7 Å². The van der Waals surface area contributed by atoms with Crippen LogP contribution in [0.25, 0.3) is 5.70 Å². The lowest BCUT2D eigenvalue weighted by Crippen LogP contribution is -2.27. The van der Waals surface area contributed by atoms with Gasteiger partial charge in [-0.25, -0.2) is 9.38 Å². The molecule has 2 aromatic rings. The Kier molecular flexibility index (Phi) is 5.82. The number of halogens is 2. The van der Waals surface area contributed by atoms with Gasteiger partial charge in [0.05, 0.1) is 15.6 Å². The molecule has 0 amide bonds. The number of nitrogens with one attached hydrogen (secondary N) is 2. The smallest absolute Gasteiger partial charge is 0.173 e. The minimum atomic E-state index is -0.455. The molecule has 1 aliphatic heterocycles. The number of benzene rings is 1. The Labute approximate surface area is 168 Å². The fourth-order valence-electron chi connectivity index (χ4n) is 2.52. The van der Waals surface area contributed by atoms with Crippen LogP contribution in [-0.2, 0) is 6.54 Å². The van der Waals surface area contributed by atoms with Gasteiger partial charge in [-0.15, -0.1) is 11.3 Å². The highest BCUT2D eigenvalue weighted by Crippen LogP contribution is 2.32. The number of hydrogen-bond acceptors (Lipinski definition) is 4. The first-order valence-electron chi connectivity index (χ1n) is 8.57. The second-order valence-corrected chi connectivity index (χ2v) is 7.91. The van der Waals surface area contributed by atoms with Crippen LogP contribution in [0.2, 0.25) is 5.02 Å². The molecule has 2 N–H and O–H groups in total. The van der Waals surface area contributed by atoms with Crippen LogP contribution < -0.4 is 10.6 Å². The van der Waals surface area contributed by atoms with E-state index in [0.29, 0.717) is 28.9 Å². The third-order valence-corrected chi connectivity index (χ3v) is 5.43. The molecule has 6 heteroatoms. The third kappa shape index (κ3) is 4.31. The molecule has 0 bridgehead atoms. The van der Waals surface area contributed by atoms with Crippen LogP contribution in [0.4, 0.5) is 4.39 Å². The molecule has 0 fully saturated rings. The lowest BCUT2D eigenvalue weighted by Gasteiger charge is -2.20. The monoisotopic (exact) mass is 401 g/mol. The van der Waals surface area contributed by atoms with Gasteiger partial charge in [-0.2, -0.15) is 0 Å². The normalized spacial score (nSPS) is 14.3. The Hall–Kier alpha value is -2.37. The van der Waals surface area contributed by atoms with E-state index in [-0.39, 0.29) is 11.4 Å². The molecule has 3 rings (SSSR count). The number of hydrogen-bond donors (Lipinski definition) is 2. The van der Waals surface area contributed by atoms with Crippen LogP contribution in [0.1, 0.15) is 29.9 Å². The first-order chi connectivity index (χ1) is 12.9. The van der Waals surface area contributed by atoms with Crippen LogP contribution >= 0.6 is 22.9 Å². The summed E-state index contributed by atoms with van der Waals surface area (Å²) >= 11 is 7.83. The van der Waals surface area contributed by atoms with Crippen molar-refractivity contribution in [3.63, 3.8) is 0 Å². The van der Waals surface area contributed by atoms with Crippen LogP contribution in [0.15, 0.2) is 71.1 Å². The number of rotatable bonds is 6. The van der Waals surface area contributed by atoms with Crippen molar-refractivity contribution < 1.29 is 4.39 Å². The predicted octanol–water partition coefficient (Wildman–Crippen LogP) is 5.86. The van der Waals surface area contributed by atoms with E-state index in [1.165, 1.54) is 11.3 Å². The summed E-state index contributed by atoms with van der Waals surface area (Å²) in [6.45, 7) is 12.6. The zero-order valence-electron chi connectivity index (χ0n) is 15.3. The molecular formula is C21H21ClFN3S. The summed E-state index contributed by atoms with van der Waals surface area (Å²) in [6, 6.07) is 9.40. The standard InChI is InChI=1S/C21H21ClFN3S/c1-12(2)13(3)24-11-15-7-8-17(22)16(10-15)21-25-14(4)19(23)20(26-21)18-6-5-9-27-18/h5-10,12,24H,3-4,11H2,1-2H3,(H,25,26). The van der Waals surface area contributed by atoms with E-state index in [4.69, 9.17) is 11.6 Å². The first-order valence-corrected chi connectivity index (χ1v) is 9.82. The second kappa shape index (κ2) is 8.11. The third-order valence-electron chi connectivity index (χ3n) is 4.22. The van der Waals surface area contributed by atoms with Crippen molar-refractivity contribution in [3.05, 3.63) is 87.1 Å². The van der Waals surface area contributed by atoms with Gasteiger partial charge < -0.3 is 10.6 Å². The maximum Gasteiger partial charge on any atom is 0.173 e.